The van der Waals surface area contributed by atoms with Crippen molar-refractivity contribution in [3.8, 4) is 0 Å². The summed E-state index contributed by atoms with van der Waals surface area (Å²) in [5, 5.41) is 3.30. The number of hydrogen-bond donors (Lipinski definition) is 0. The van der Waals surface area contributed by atoms with Crippen LogP contribution in [0.15, 0.2) is 22.3 Å². The van der Waals surface area contributed by atoms with E-state index in [0.717, 1.165) is 24.7 Å². The van der Waals surface area contributed by atoms with Gasteiger partial charge in [-0.05, 0) is 19.4 Å². The maximum absolute atomic E-state index is 5.54. The average Bonchev–Trinajstić information content (AvgIpc) is 3.10. The first-order chi connectivity index (χ1) is 9.74. The summed E-state index contributed by atoms with van der Waals surface area (Å²) in [4.78, 5) is 11.6. The van der Waals surface area contributed by atoms with Gasteiger partial charge in [0, 0.05) is 24.0 Å². The molecule has 20 heavy (non-hydrogen) atoms. The summed E-state index contributed by atoms with van der Waals surface area (Å²) in [6.07, 6.45) is 7.46. The summed E-state index contributed by atoms with van der Waals surface area (Å²) >= 11 is 1.76. The third-order valence-corrected chi connectivity index (χ3v) is 4.66. The summed E-state index contributed by atoms with van der Waals surface area (Å²) in [6.45, 7) is 6.19. The Morgan fingerprint density at radius 3 is 3.05 bits per heavy atom. The first kappa shape index (κ1) is 13.8. The van der Waals surface area contributed by atoms with Gasteiger partial charge in [0.2, 0.25) is 0 Å². The van der Waals surface area contributed by atoms with Crippen LogP contribution in [-0.2, 0) is 6.54 Å². The van der Waals surface area contributed by atoms with Gasteiger partial charge in [0.1, 0.15) is 11.3 Å². The molecule has 3 heterocycles. The molecule has 108 valence electrons. The van der Waals surface area contributed by atoms with E-state index in [-0.39, 0.29) is 0 Å². The van der Waals surface area contributed by atoms with Crippen molar-refractivity contribution in [1.29, 1.82) is 0 Å². The lowest BCUT2D eigenvalue weighted by Crippen LogP contribution is -2.33. The van der Waals surface area contributed by atoms with E-state index in [4.69, 9.17) is 4.42 Å². The van der Waals surface area contributed by atoms with Gasteiger partial charge in [-0.25, -0.2) is 9.97 Å². The van der Waals surface area contributed by atoms with Crippen molar-refractivity contribution in [1.82, 2.24) is 14.9 Å². The molecule has 0 saturated carbocycles. The van der Waals surface area contributed by atoms with Crippen LogP contribution in [-0.4, -0.2) is 21.4 Å². The number of rotatable bonds is 4. The minimum atomic E-state index is 0.347. The van der Waals surface area contributed by atoms with Crippen LogP contribution >= 0.6 is 11.3 Å². The number of aromatic nitrogens is 2. The van der Waals surface area contributed by atoms with Crippen LogP contribution in [0.4, 0.5) is 0 Å². The molecule has 0 unspecified atom stereocenters. The molecule has 1 atom stereocenters. The fraction of sp³-hybridized carbons (Fsp3) is 0.600. The number of oxazole rings is 1. The fourth-order valence-electron chi connectivity index (χ4n) is 2.73. The molecule has 1 aliphatic heterocycles. The molecule has 0 aliphatic carbocycles. The van der Waals surface area contributed by atoms with E-state index in [1.54, 1.807) is 11.3 Å². The fourth-order valence-corrected chi connectivity index (χ4v) is 3.53. The van der Waals surface area contributed by atoms with E-state index in [1.165, 1.54) is 24.3 Å². The van der Waals surface area contributed by atoms with Gasteiger partial charge in [0.15, 0.2) is 5.89 Å². The van der Waals surface area contributed by atoms with E-state index in [1.807, 2.05) is 12.5 Å². The zero-order valence-electron chi connectivity index (χ0n) is 12.1. The number of likely N-dealkylation sites (tertiary alicyclic amines) is 1. The third kappa shape index (κ3) is 2.94. The summed E-state index contributed by atoms with van der Waals surface area (Å²) in [6, 6.07) is 0.447. The lowest BCUT2D eigenvalue weighted by atomic mass is 10.0. The first-order valence-corrected chi connectivity index (χ1v) is 8.19. The lowest BCUT2D eigenvalue weighted by Gasteiger charge is -2.33. The maximum atomic E-state index is 5.54. The third-order valence-electron chi connectivity index (χ3n) is 3.78. The number of piperidine rings is 1. The highest BCUT2D eigenvalue weighted by molar-refractivity contribution is 7.09. The Morgan fingerprint density at radius 2 is 2.35 bits per heavy atom. The molecule has 0 amide bonds. The highest BCUT2D eigenvalue weighted by atomic mass is 32.1. The van der Waals surface area contributed by atoms with Gasteiger partial charge in [-0.2, -0.15) is 0 Å². The van der Waals surface area contributed by atoms with Crippen molar-refractivity contribution in [2.75, 3.05) is 6.54 Å². The second-order valence-corrected chi connectivity index (χ2v) is 6.61. The molecule has 4 nitrogen and oxygen atoms in total. The van der Waals surface area contributed by atoms with E-state index < -0.39 is 0 Å². The van der Waals surface area contributed by atoms with Gasteiger partial charge in [-0.3, -0.25) is 4.90 Å². The zero-order valence-corrected chi connectivity index (χ0v) is 12.9. The number of thiazole rings is 1. The zero-order chi connectivity index (χ0) is 13.9. The largest absolute Gasteiger partial charge is 0.448 e. The Bertz CT molecular complexity index is 535. The van der Waals surface area contributed by atoms with E-state index >= 15 is 0 Å². The molecule has 0 spiro atoms. The Hall–Kier alpha value is -1.20. The molecule has 3 rings (SSSR count). The first-order valence-electron chi connectivity index (χ1n) is 7.32. The van der Waals surface area contributed by atoms with Gasteiger partial charge in [-0.1, -0.05) is 20.3 Å². The Morgan fingerprint density at radius 1 is 1.45 bits per heavy atom. The molecule has 2 aromatic heterocycles. The predicted octanol–water partition coefficient (Wildman–Crippen LogP) is 3.98. The van der Waals surface area contributed by atoms with Crippen LogP contribution in [0.25, 0.3) is 0 Å². The van der Waals surface area contributed by atoms with Crippen molar-refractivity contribution in [3.63, 3.8) is 0 Å². The highest BCUT2D eigenvalue weighted by Crippen LogP contribution is 2.33. The van der Waals surface area contributed by atoms with Crippen LogP contribution in [0, 0.1) is 0 Å². The SMILES string of the molecule is CC(C)c1nc(CN2CCCC[C@H]2c2nccs2)co1. The molecule has 1 saturated heterocycles. The molecule has 1 fully saturated rings. The van der Waals surface area contributed by atoms with Crippen molar-refractivity contribution in [2.45, 2.75) is 51.6 Å². The molecule has 0 bridgehead atoms. The van der Waals surface area contributed by atoms with Crippen molar-refractivity contribution in [2.24, 2.45) is 0 Å². The molecule has 5 heteroatoms. The Kier molecular flexibility index (Phi) is 4.17. The van der Waals surface area contributed by atoms with Crippen LogP contribution in [0.1, 0.15) is 61.7 Å². The topological polar surface area (TPSA) is 42.2 Å². The Labute approximate surface area is 123 Å². The van der Waals surface area contributed by atoms with Crippen LogP contribution < -0.4 is 0 Å². The molecular formula is C15H21N3OS. The van der Waals surface area contributed by atoms with E-state index in [2.05, 4.69) is 34.1 Å². The van der Waals surface area contributed by atoms with Crippen LogP contribution in [0.2, 0.25) is 0 Å². The normalized spacial score (nSPS) is 20.6. The second-order valence-electron chi connectivity index (χ2n) is 5.68. The highest BCUT2D eigenvalue weighted by Gasteiger charge is 2.26. The maximum Gasteiger partial charge on any atom is 0.196 e. The molecule has 0 N–H and O–H groups in total. The van der Waals surface area contributed by atoms with Crippen molar-refractivity contribution >= 4 is 11.3 Å². The second kappa shape index (κ2) is 6.06. The summed E-state index contributed by atoms with van der Waals surface area (Å²) in [5.41, 5.74) is 1.04. The van der Waals surface area contributed by atoms with Crippen LogP contribution in [0.3, 0.4) is 0 Å². The lowest BCUT2D eigenvalue weighted by molar-refractivity contribution is 0.138. The standard InChI is InChI=1S/C15H21N3OS/c1-11(2)14-17-12(10-19-14)9-18-7-4-3-5-13(18)15-16-6-8-20-15/h6,8,10-11,13H,3-5,7,9H2,1-2H3/t13-/m0/s1. The quantitative estimate of drug-likeness (QED) is 0.854. The predicted molar refractivity (Wildman–Crippen MR) is 79.7 cm³/mol. The van der Waals surface area contributed by atoms with Gasteiger partial charge in [0.05, 0.1) is 11.7 Å². The van der Waals surface area contributed by atoms with E-state index in [9.17, 15) is 0 Å². The van der Waals surface area contributed by atoms with Gasteiger partial charge in [0.25, 0.3) is 0 Å². The molecular weight excluding hydrogens is 270 g/mol. The summed E-state index contributed by atoms with van der Waals surface area (Å²) < 4.78 is 5.54. The van der Waals surface area contributed by atoms with Crippen molar-refractivity contribution in [3.05, 3.63) is 34.4 Å². The van der Waals surface area contributed by atoms with Gasteiger partial charge < -0.3 is 4.42 Å². The Balaban J connectivity index is 1.73. The monoisotopic (exact) mass is 291 g/mol. The molecule has 0 radical (unpaired) electrons. The number of nitrogens with zero attached hydrogens (tertiary/aromatic N) is 3. The van der Waals surface area contributed by atoms with Crippen LogP contribution in [0.5, 0.6) is 0 Å². The minimum Gasteiger partial charge on any atom is -0.448 e. The smallest absolute Gasteiger partial charge is 0.196 e. The van der Waals surface area contributed by atoms with E-state index in [0.29, 0.717) is 12.0 Å². The van der Waals surface area contributed by atoms with Gasteiger partial charge >= 0.3 is 0 Å². The average molecular weight is 291 g/mol. The minimum absolute atomic E-state index is 0.347. The van der Waals surface area contributed by atoms with Gasteiger partial charge in [-0.15, -0.1) is 11.3 Å². The molecule has 0 aromatic carbocycles. The summed E-state index contributed by atoms with van der Waals surface area (Å²) in [7, 11) is 0. The molecule has 1 aliphatic rings. The summed E-state index contributed by atoms with van der Waals surface area (Å²) in [5.74, 6) is 1.18. The van der Waals surface area contributed by atoms with Crippen molar-refractivity contribution < 1.29 is 4.42 Å². The molecule has 2 aromatic rings. The number of hydrogen-bond acceptors (Lipinski definition) is 5.